The van der Waals surface area contributed by atoms with Gasteiger partial charge in [0.05, 0.1) is 34.8 Å². The van der Waals surface area contributed by atoms with Gasteiger partial charge in [0.15, 0.2) is 0 Å². The Bertz CT molecular complexity index is 981. The third-order valence-electron chi connectivity index (χ3n) is 4.75. The molecule has 1 aliphatic carbocycles. The molecule has 0 atom stereocenters. The number of rotatable bonds is 6. The van der Waals surface area contributed by atoms with Crippen molar-refractivity contribution in [3.8, 4) is 21.1 Å². The summed E-state index contributed by atoms with van der Waals surface area (Å²) in [6.45, 7) is 5.58. The largest absolute Gasteiger partial charge is 0.377 e. The number of aryl methyl sites for hydroxylation is 2. The topological polar surface area (TPSA) is 60.8 Å². The highest BCUT2D eigenvalue weighted by Gasteiger charge is 2.20. The molecule has 1 aliphatic rings. The number of hydrogen-bond acceptors (Lipinski definition) is 6. The van der Waals surface area contributed by atoms with E-state index < -0.39 is 0 Å². The highest BCUT2D eigenvalue weighted by Crippen LogP contribution is 2.36. The molecule has 4 rings (SSSR count). The van der Waals surface area contributed by atoms with Gasteiger partial charge in [0, 0.05) is 24.6 Å². The van der Waals surface area contributed by atoms with Gasteiger partial charge in [0.25, 0.3) is 0 Å². The van der Waals surface area contributed by atoms with Crippen LogP contribution in [0.25, 0.3) is 26.7 Å². The molecule has 0 unspecified atom stereocenters. The molecule has 0 aromatic carbocycles. The maximum Gasteiger partial charge on any atom is 0.125 e. The third kappa shape index (κ3) is 4.03. The summed E-state index contributed by atoms with van der Waals surface area (Å²) in [5.41, 5.74) is 6.27. The molecule has 0 N–H and O–H groups in total. The van der Waals surface area contributed by atoms with Crippen molar-refractivity contribution >= 4 is 16.9 Å². The predicted octanol–water partition coefficient (Wildman–Crippen LogP) is 5.12. The molecular weight excluding hydrogens is 368 g/mol. The van der Waals surface area contributed by atoms with Gasteiger partial charge in [-0.25, -0.2) is 9.97 Å². The van der Waals surface area contributed by atoms with Gasteiger partial charge in [-0.15, -0.1) is 11.3 Å². The van der Waals surface area contributed by atoms with E-state index >= 15 is 0 Å². The second kappa shape index (κ2) is 8.71. The standard InChI is InChI=1S/C22H24N4OS/c1-3-11-27-12-9-16-6-4-8-18-20(16)26-19(14-24-18)21-15(2)25-22(28-21)17-7-5-10-23-13-17/h5,7,9-10,13-14H,3-4,6,8,11-12H2,1-2H3/b16-9-. The molecule has 0 bridgehead atoms. The summed E-state index contributed by atoms with van der Waals surface area (Å²) in [6.07, 6.45) is 11.9. The predicted molar refractivity (Wildman–Crippen MR) is 113 cm³/mol. The van der Waals surface area contributed by atoms with E-state index in [1.54, 1.807) is 17.5 Å². The molecule has 0 saturated carbocycles. The van der Waals surface area contributed by atoms with Crippen molar-refractivity contribution in [3.05, 3.63) is 53.9 Å². The number of hydrogen-bond donors (Lipinski definition) is 0. The summed E-state index contributed by atoms with van der Waals surface area (Å²) < 4.78 is 5.65. The van der Waals surface area contributed by atoms with Crippen molar-refractivity contribution in [3.63, 3.8) is 0 Å². The number of aromatic nitrogens is 4. The summed E-state index contributed by atoms with van der Waals surface area (Å²) in [6, 6.07) is 3.97. The smallest absolute Gasteiger partial charge is 0.125 e. The number of nitrogens with zero attached hydrogens (tertiary/aromatic N) is 4. The van der Waals surface area contributed by atoms with Crippen LogP contribution in [0.1, 0.15) is 43.3 Å². The molecular formula is C22H24N4OS. The van der Waals surface area contributed by atoms with E-state index in [-0.39, 0.29) is 0 Å². The van der Waals surface area contributed by atoms with E-state index in [0.717, 1.165) is 70.5 Å². The summed E-state index contributed by atoms with van der Waals surface area (Å²) in [4.78, 5) is 19.7. The molecule has 0 aliphatic heterocycles. The Labute approximate surface area is 169 Å². The molecule has 3 aromatic heterocycles. The van der Waals surface area contributed by atoms with Gasteiger partial charge < -0.3 is 4.74 Å². The molecule has 3 aromatic rings. The van der Waals surface area contributed by atoms with Crippen LogP contribution in [-0.2, 0) is 11.2 Å². The van der Waals surface area contributed by atoms with Crippen LogP contribution in [0.15, 0.2) is 36.8 Å². The number of thiazole rings is 1. The Hall–Kier alpha value is -2.44. The average Bonchev–Trinajstić information content (AvgIpc) is 3.13. The Morgan fingerprint density at radius 1 is 1.21 bits per heavy atom. The summed E-state index contributed by atoms with van der Waals surface area (Å²) in [5.74, 6) is 0. The van der Waals surface area contributed by atoms with Crippen LogP contribution in [0.2, 0.25) is 0 Å². The normalized spacial score (nSPS) is 15.0. The monoisotopic (exact) mass is 392 g/mol. The fourth-order valence-corrected chi connectivity index (χ4v) is 4.37. The summed E-state index contributed by atoms with van der Waals surface area (Å²) in [5, 5.41) is 0.962. The van der Waals surface area contributed by atoms with Gasteiger partial charge in [0.1, 0.15) is 10.7 Å². The lowest BCUT2D eigenvalue weighted by Crippen LogP contribution is -2.08. The quantitative estimate of drug-likeness (QED) is 0.545. The maximum atomic E-state index is 5.65. The molecule has 5 nitrogen and oxygen atoms in total. The second-order valence-corrected chi connectivity index (χ2v) is 7.88. The molecule has 144 valence electrons. The lowest BCUT2D eigenvalue weighted by atomic mass is 9.94. The van der Waals surface area contributed by atoms with Crippen LogP contribution >= 0.6 is 11.3 Å². The van der Waals surface area contributed by atoms with Gasteiger partial charge in [-0.1, -0.05) is 13.0 Å². The first kappa shape index (κ1) is 18.9. The van der Waals surface area contributed by atoms with Crippen molar-refractivity contribution in [2.45, 2.75) is 39.5 Å². The molecule has 0 spiro atoms. The Balaban J connectivity index is 1.66. The Morgan fingerprint density at radius 2 is 2.14 bits per heavy atom. The SMILES string of the molecule is CCCOC/C=C1/CCCc2ncc(-c3sc(-c4cccnc4)nc3C)nc21. The van der Waals surface area contributed by atoms with Crippen molar-refractivity contribution in [2.75, 3.05) is 13.2 Å². The summed E-state index contributed by atoms with van der Waals surface area (Å²) >= 11 is 1.64. The van der Waals surface area contributed by atoms with Crippen molar-refractivity contribution < 1.29 is 4.74 Å². The number of allylic oxidation sites excluding steroid dienone is 1. The zero-order valence-electron chi connectivity index (χ0n) is 16.3. The Kier molecular flexibility index (Phi) is 5.88. The van der Waals surface area contributed by atoms with Crippen LogP contribution in [-0.4, -0.2) is 33.1 Å². The van der Waals surface area contributed by atoms with Crippen molar-refractivity contribution in [1.29, 1.82) is 0 Å². The zero-order valence-corrected chi connectivity index (χ0v) is 17.1. The third-order valence-corrected chi connectivity index (χ3v) is 5.97. The van der Waals surface area contributed by atoms with Crippen LogP contribution in [0.4, 0.5) is 0 Å². The fourth-order valence-electron chi connectivity index (χ4n) is 3.36. The lowest BCUT2D eigenvalue weighted by Gasteiger charge is -2.18. The first-order chi connectivity index (χ1) is 13.8. The van der Waals surface area contributed by atoms with Crippen LogP contribution < -0.4 is 0 Å². The van der Waals surface area contributed by atoms with Gasteiger partial charge in [-0.05, 0) is 50.3 Å². The lowest BCUT2D eigenvalue weighted by molar-refractivity contribution is 0.163. The van der Waals surface area contributed by atoms with Crippen LogP contribution in [0.3, 0.4) is 0 Å². The molecule has 0 amide bonds. The number of pyridine rings is 1. The highest BCUT2D eigenvalue weighted by atomic mass is 32.1. The molecule has 0 saturated heterocycles. The first-order valence-electron chi connectivity index (χ1n) is 9.77. The maximum absolute atomic E-state index is 5.65. The second-order valence-electron chi connectivity index (χ2n) is 6.88. The molecule has 28 heavy (non-hydrogen) atoms. The number of ether oxygens (including phenoxy) is 1. The van der Waals surface area contributed by atoms with E-state index in [9.17, 15) is 0 Å². The van der Waals surface area contributed by atoms with Gasteiger partial charge >= 0.3 is 0 Å². The van der Waals surface area contributed by atoms with Crippen LogP contribution in [0, 0.1) is 6.92 Å². The van der Waals surface area contributed by atoms with Gasteiger partial charge in [0.2, 0.25) is 0 Å². The van der Waals surface area contributed by atoms with Crippen molar-refractivity contribution in [2.24, 2.45) is 0 Å². The Morgan fingerprint density at radius 3 is 2.96 bits per heavy atom. The fraction of sp³-hybridized carbons (Fsp3) is 0.364. The number of fused-ring (bicyclic) bond motifs is 1. The van der Waals surface area contributed by atoms with E-state index in [0.29, 0.717) is 6.61 Å². The minimum atomic E-state index is 0.638. The average molecular weight is 393 g/mol. The minimum absolute atomic E-state index is 0.638. The van der Waals surface area contributed by atoms with E-state index in [1.165, 1.54) is 5.57 Å². The molecule has 3 heterocycles. The molecule has 0 fully saturated rings. The summed E-state index contributed by atoms with van der Waals surface area (Å²) in [7, 11) is 0. The van der Waals surface area contributed by atoms with Gasteiger partial charge in [-0.3, -0.25) is 9.97 Å². The first-order valence-corrected chi connectivity index (χ1v) is 10.6. The van der Waals surface area contributed by atoms with E-state index in [1.807, 2.05) is 31.5 Å². The molecule has 0 radical (unpaired) electrons. The van der Waals surface area contributed by atoms with Crippen LogP contribution in [0.5, 0.6) is 0 Å². The van der Waals surface area contributed by atoms with Gasteiger partial charge in [-0.2, -0.15) is 0 Å². The van der Waals surface area contributed by atoms with E-state index in [4.69, 9.17) is 19.7 Å². The van der Waals surface area contributed by atoms with Crippen molar-refractivity contribution in [1.82, 2.24) is 19.9 Å². The zero-order chi connectivity index (χ0) is 19.3. The highest BCUT2D eigenvalue weighted by molar-refractivity contribution is 7.18. The minimum Gasteiger partial charge on any atom is -0.377 e. The molecule has 6 heteroatoms. The van der Waals surface area contributed by atoms with E-state index in [2.05, 4.69) is 18.0 Å².